The minimum atomic E-state index is 0.941. The number of halogens is 1. The van der Waals surface area contributed by atoms with Crippen molar-refractivity contribution in [3.63, 3.8) is 0 Å². The van der Waals surface area contributed by atoms with E-state index < -0.39 is 0 Å². The zero-order valence-electron chi connectivity index (χ0n) is 14.5. The van der Waals surface area contributed by atoms with E-state index in [0.717, 1.165) is 27.0 Å². The fraction of sp³-hybridized carbons (Fsp3) is 0.190. The number of hydrogen-bond donors (Lipinski definition) is 0. The third-order valence-corrected chi connectivity index (χ3v) is 4.77. The molecule has 24 heavy (non-hydrogen) atoms. The van der Waals surface area contributed by atoms with Gasteiger partial charge in [-0.1, -0.05) is 41.0 Å². The molecular formula is C21H21BrN2. The average Bonchev–Trinajstić information content (AvgIpc) is 2.82. The van der Waals surface area contributed by atoms with Crippen molar-refractivity contribution >= 4 is 22.1 Å². The van der Waals surface area contributed by atoms with Crippen LogP contribution in [0.1, 0.15) is 22.3 Å². The van der Waals surface area contributed by atoms with Crippen molar-refractivity contribution in [1.82, 2.24) is 9.78 Å². The maximum absolute atomic E-state index is 4.77. The Hall–Kier alpha value is -2.13. The summed E-state index contributed by atoms with van der Waals surface area (Å²) in [6.45, 7) is 12.4. The van der Waals surface area contributed by atoms with E-state index in [0.29, 0.717) is 0 Å². The van der Waals surface area contributed by atoms with Gasteiger partial charge in [0.05, 0.1) is 10.2 Å². The summed E-state index contributed by atoms with van der Waals surface area (Å²) in [7, 11) is 0. The smallest absolute Gasteiger partial charge is 0.108 e. The van der Waals surface area contributed by atoms with Crippen LogP contribution >= 0.6 is 15.9 Å². The largest absolute Gasteiger partial charge is 0.239 e. The fourth-order valence-corrected chi connectivity index (χ4v) is 3.93. The highest BCUT2D eigenvalue weighted by atomic mass is 79.9. The summed E-state index contributed by atoms with van der Waals surface area (Å²) in [5.74, 6) is 0. The molecule has 0 saturated heterocycles. The van der Waals surface area contributed by atoms with Crippen molar-refractivity contribution in [3.8, 4) is 22.5 Å². The molecule has 2 nitrogen and oxygen atoms in total. The van der Waals surface area contributed by atoms with E-state index in [1.807, 2.05) is 4.68 Å². The summed E-state index contributed by atoms with van der Waals surface area (Å²) >= 11 is 3.78. The molecule has 0 radical (unpaired) electrons. The minimum Gasteiger partial charge on any atom is -0.239 e. The van der Waals surface area contributed by atoms with Crippen molar-refractivity contribution in [2.45, 2.75) is 27.7 Å². The lowest BCUT2D eigenvalue weighted by atomic mass is 10.0. The molecule has 1 aromatic heterocycles. The van der Waals surface area contributed by atoms with E-state index in [1.165, 1.54) is 22.3 Å². The summed E-state index contributed by atoms with van der Waals surface area (Å²) < 4.78 is 2.85. The third-order valence-electron chi connectivity index (χ3n) is 4.02. The maximum Gasteiger partial charge on any atom is 0.108 e. The first-order valence-electron chi connectivity index (χ1n) is 7.97. The highest BCUT2D eigenvalue weighted by Gasteiger charge is 2.18. The van der Waals surface area contributed by atoms with Gasteiger partial charge in [0.2, 0.25) is 0 Å². The summed E-state index contributed by atoms with van der Waals surface area (Å²) in [5.41, 5.74) is 9.18. The van der Waals surface area contributed by atoms with Gasteiger partial charge in [-0.15, -0.1) is 0 Å². The lowest BCUT2D eigenvalue weighted by Crippen LogP contribution is -1.93. The van der Waals surface area contributed by atoms with Crippen LogP contribution in [-0.4, -0.2) is 9.78 Å². The Labute approximate surface area is 152 Å². The molecule has 122 valence electrons. The minimum absolute atomic E-state index is 0.941. The molecule has 0 aliphatic carbocycles. The van der Waals surface area contributed by atoms with Crippen molar-refractivity contribution in [1.29, 1.82) is 0 Å². The van der Waals surface area contributed by atoms with Gasteiger partial charge in [0.1, 0.15) is 5.69 Å². The first kappa shape index (κ1) is 16.7. The van der Waals surface area contributed by atoms with Gasteiger partial charge in [0.15, 0.2) is 0 Å². The molecule has 0 unspecified atom stereocenters. The fourth-order valence-electron chi connectivity index (χ4n) is 3.21. The number of hydrogen-bond acceptors (Lipinski definition) is 1. The third kappa shape index (κ3) is 3.09. The van der Waals surface area contributed by atoms with Crippen LogP contribution in [-0.2, 0) is 0 Å². The monoisotopic (exact) mass is 380 g/mol. The average molecular weight is 381 g/mol. The number of rotatable bonds is 3. The summed E-state index contributed by atoms with van der Waals surface area (Å²) in [6, 6.07) is 13.0. The van der Waals surface area contributed by atoms with Gasteiger partial charge in [-0.3, -0.25) is 0 Å². The van der Waals surface area contributed by atoms with Crippen LogP contribution in [0.4, 0.5) is 0 Å². The van der Waals surface area contributed by atoms with E-state index in [-0.39, 0.29) is 0 Å². The Morgan fingerprint density at radius 2 is 1.29 bits per heavy atom. The SMILES string of the molecule is C=Cn1nc(-c2cc(C)cc(C)c2)c(Br)c1-c1cc(C)cc(C)c1. The summed E-state index contributed by atoms with van der Waals surface area (Å²) in [4.78, 5) is 0. The second-order valence-corrected chi connectivity index (χ2v) is 7.18. The Morgan fingerprint density at radius 1 is 0.833 bits per heavy atom. The number of aryl methyl sites for hydroxylation is 4. The normalized spacial score (nSPS) is 10.9. The van der Waals surface area contributed by atoms with Crippen molar-refractivity contribution < 1.29 is 0 Å². The van der Waals surface area contributed by atoms with Crippen LogP contribution in [0, 0.1) is 27.7 Å². The van der Waals surface area contributed by atoms with Crippen molar-refractivity contribution in [3.05, 3.63) is 69.7 Å². The predicted octanol–water partition coefficient (Wildman–Crippen LogP) is 6.31. The first-order valence-corrected chi connectivity index (χ1v) is 8.76. The second kappa shape index (κ2) is 6.40. The molecule has 0 aliphatic heterocycles. The van der Waals surface area contributed by atoms with E-state index in [2.05, 4.69) is 86.6 Å². The molecule has 0 atom stereocenters. The maximum atomic E-state index is 4.77. The van der Waals surface area contributed by atoms with Crippen molar-refractivity contribution in [2.24, 2.45) is 0 Å². The van der Waals surface area contributed by atoms with E-state index >= 15 is 0 Å². The quantitative estimate of drug-likeness (QED) is 0.520. The highest BCUT2D eigenvalue weighted by molar-refractivity contribution is 9.10. The van der Waals surface area contributed by atoms with Gasteiger partial charge in [-0.25, -0.2) is 4.68 Å². The molecule has 0 spiro atoms. The molecule has 0 aliphatic rings. The van der Waals surface area contributed by atoms with Crippen LogP contribution in [0.5, 0.6) is 0 Å². The Balaban J connectivity index is 2.25. The van der Waals surface area contributed by atoms with Crippen LogP contribution < -0.4 is 0 Å². The Morgan fingerprint density at radius 3 is 1.75 bits per heavy atom. The van der Waals surface area contributed by atoms with Crippen LogP contribution in [0.15, 0.2) is 47.4 Å². The molecule has 0 amide bonds. The van der Waals surface area contributed by atoms with Gasteiger partial charge in [0.25, 0.3) is 0 Å². The van der Waals surface area contributed by atoms with Gasteiger partial charge in [-0.2, -0.15) is 5.10 Å². The topological polar surface area (TPSA) is 17.8 Å². The van der Waals surface area contributed by atoms with Crippen molar-refractivity contribution in [2.75, 3.05) is 0 Å². The molecular weight excluding hydrogens is 360 g/mol. The van der Waals surface area contributed by atoms with Gasteiger partial charge >= 0.3 is 0 Å². The molecule has 3 aromatic rings. The van der Waals surface area contributed by atoms with Gasteiger partial charge in [-0.05, 0) is 67.9 Å². The molecule has 0 bridgehead atoms. The molecule has 3 heteroatoms. The molecule has 3 rings (SSSR count). The lowest BCUT2D eigenvalue weighted by molar-refractivity contribution is 0.947. The Kier molecular flexibility index (Phi) is 4.46. The van der Waals surface area contributed by atoms with E-state index in [1.54, 1.807) is 6.20 Å². The van der Waals surface area contributed by atoms with E-state index in [4.69, 9.17) is 5.10 Å². The highest BCUT2D eigenvalue weighted by Crippen LogP contribution is 2.38. The Bertz CT molecular complexity index is 895. The van der Waals surface area contributed by atoms with Gasteiger partial charge < -0.3 is 0 Å². The number of aromatic nitrogens is 2. The zero-order chi connectivity index (χ0) is 17.4. The molecule has 0 saturated carbocycles. The number of nitrogens with zero attached hydrogens (tertiary/aromatic N) is 2. The van der Waals surface area contributed by atoms with Crippen LogP contribution in [0.3, 0.4) is 0 Å². The van der Waals surface area contributed by atoms with Gasteiger partial charge in [0, 0.05) is 17.3 Å². The molecule has 2 aromatic carbocycles. The number of benzene rings is 2. The molecule has 1 heterocycles. The van der Waals surface area contributed by atoms with E-state index in [9.17, 15) is 0 Å². The summed E-state index contributed by atoms with van der Waals surface area (Å²) in [6.07, 6.45) is 1.75. The summed E-state index contributed by atoms with van der Waals surface area (Å²) in [5, 5.41) is 4.77. The standard InChI is InChI=1S/C21H21BrN2/c1-6-24-21(18-11-15(4)8-16(5)12-18)19(22)20(23-24)17-9-13(2)7-14(3)10-17/h6-12H,1H2,2-5H3. The van der Waals surface area contributed by atoms with Crippen LogP contribution in [0.25, 0.3) is 28.7 Å². The predicted molar refractivity (Wildman–Crippen MR) is 106 cm³/mol. The molecule has 0 N–H and O–H groups in total. The van der Waals surface area contributed by atoms with Crippen LogP contribution in [0.2, 0.25) is 0 Å². The molecule has 0 fully saturated rings. The second-order valence-electron chi connectivity index (χ2n) is 6.39. The lowest BCUT2D eigenvalue weighted by Gasteiger charge is -2.07. The zero-order valence-corrected chi connectivity index (χ0v) is 16.1. The first-order chi connectivity index (χ1) is 11.4.